The highest BCUT2D eigenvalue weighted by molar-refractivity contribution is 5.35. The molecule has 2 N–H and O–H groups in total. The van der Waals surface area contributed by atoms with Gasteiger partial charge in [-0.05, 0) is 30.5 Å². The predicted octanol–water partition coefficient (Wildman–Crippen LogP) is 2.18. The molecule has 2 aromatic rings. The van der Waals surface area contributed by atoms with Crippen LogP contribution in [0.3, 0.4) is 0 Å². The van der Waals surface area contributed by atoms with Gasteiger partial charge in [0.25, 0.3) is 0 Å². The molecule has 0 amide bonds. The van der Waals surface area contributed by atoms with E-state index in [4.69, 9.17) is 5.73 Å². The molecule has 0 saturated heterocycles. The Morgan fingerprint density at radius 3 is 2.59 bits per heavy atom. The summed E-state index contributed by atoms with van der Waals surface area (Å²) in [6.07, 6.45) is 5.17. The molecule has 0 spiro atoms. The number of benzene rings is 1. The Labute approximate surface area is 102 Å². The van der Waals surface area contributed by atoms with Crippen LogP contribution in [-0.4, -0.2) is 16.5 Å². The maximum absolute atomic E-state index is 5.86. The second-order valence-corrected chi connectivity index (χ2v) is 4.26. The molecule has 0 aliphatic rings. The molecular formula is C14H17N3. The van der Waals surface area contributed by atoms with Crippen molar-refractivity contribution in [2.45, 2.75) is 19.8 Å². The van der Waals surface area contributed by atoms with Gasteiger partial charge in [-0.2, -0.15) is 0 Å². The number of hydrogen-bond acceptors (Lipinski definition) is 3. The van der Waals surface area contributed by atoms with Crippen LogP contribution in [0.4, 0.5) is 0 Å². The molecule has 2 rings (SSSR count). The lowest BCUT2D eigenvalue weighted by Gasteiger charge is -2.15. The Kier molecular flexibility index (Phi) is 3.49. The predicted molar refractivity (Wildman–Crippen MR) is 68.8 cm³/mol. The third-order valence-electron chi connectivity index (χ3n) is 3.11. The van der Waals surface area contributed by atoms with Gasteiger partial charge in [-0.25, -0.2) is 0 Å². The van der Waals surface area contributed by atoms with Gasteiger partial charge in [0.2, 0.25) is 0 Å². The molecule has 0 saturated carbocycles. The number of rotatable bonds is 3. The number of nitrogens with zero attached hydrogens (tertiary/aromatic N) is 2. The van der Waals surface area contributed by atoms with Gasteiger partial charge < -0.3 is 5.73 Å². The average molecular weight is 227 g/mol. The van der Waals surface area contributed by atoms with Crippen LogP contribution in [0, 0.1) is 13.8 Å². The highest BCUT2D eigenvalue weighted by Crippen LogP contribution is 2.23. The van der Waals surface area contributed by atoms with Crippen LogP contribution < -0.4 is 5.73 Å². The van der Waals surface area contributed by atoms with Crippen molar-refractivity contribution in [2.75, 3.05) is 6.54 Å². The van der Waals surface area contributed by atoms with Gasteiger partial charge in [-0.3, -0.25) is 9.97 Å². The van der Waals surface area contributed by atoms with Gasteiger partial charge >= 0.3 is 0 Å². The number of nitrogens with two attached hydrogens (primary N) is 1. The van der Waals surface area contributed by atoms with Crippen LogP contribution >= 0.6 is 0 Å². The van der Waals surface area contributed by atoms with Gasteiger partial charge in [0.1, 0.15) is 0 Å². The summed E-state index contributed by atoms with van der Waals surface area (Å²) in [5, 5.41) is 0. The fraction of sp³-hybridized carbons (Fsp3) is 0.286. The minimum atomic E-state index is 0.128. The molecule has 0 fully saturated rings. The summed E-state index contributed by atoms with van der Waals surface area (Å²) in [6.45, 7) is 4.77. The summed E-state index contributed by atoms with van der Waals surface area (Å²) in [5.74, 6) is 0.128. The first-order chi connectivity index (χ1) is 8.22. The molecule has 0 aliphatic carbocycles. The van der Waals surface area contributed by atoms with E-state index in [0.29, 0.717) is 6.54 Å². The molecule has 17 heavy (non-hydrogen) atoms. The van der Waals surface area contributed by atoms with Crippen molar-refractivity contribution in [2.24, 2.45) is 5.73 Å². The summed E-state index contributed by atoms with van der Waals surface area (Å²) >= 11 is 0. The smallest absolute Gasteiger partial charge is 0.0674 e. The summed E-state index contributed by atoms with van der Waals surface area (Å²) < 4.78 is 0. The van der Waals surface area contributed by atoms with Crippen molar-refractivity contribution in [1.82, 2.24) is 9.97 Å². The molecule has 0 bridgehead atoms. The first-order valence-corrected chi connectivity index (χ1v) is 5.75. The molecule has 88 valence electrons. The van der Waals surface area contributed by atoms with Crippen molar-refractivity contribution < 1.29 is 0 Å². The SMILES string of the molecule is Cc1ccc(C(CN)c2cnccn2)cc1C. The van der Waals surface area contributed by atoms with E-state index in [1.807, 2.05) is 0 Å². The molecule has 1 unspecified atom stereocenters. The van der Waals surface area contributed by atoms with Crippen LogP contribution in [0.2, 0.25) is 0 Å². The Bertz CT molecular complexity index is 494. The molecule has 3 nitrogen and oxygen atoms in total. The molecule has 1 aromatic heterocycles. The zero-order valence-corrected chi connectivity index (χ0v) is 10.2. The molecule has 1 aromatic carbocycles. The number of hydrogen-bond donors (Lipinski definition) is 1. The number of aromatic nitrogens is 2. The maximum Gasteiger partial charge on any atom is 0.0674 e. The van der Waals surface area contributed by atoms with Crippen molar-refractivity contribution in [3.05, 3.63) is 59.2 Å². The summed E-state index contributed by atoms with van der Waals surface area (Å²) in [5.41, 5.74) is 10.6. The summed E-state index contributed by atoms with van der Waals surface area (Å²) in [6, 6.07) is 6.43. The zero-order valence-electron chi connectivity index (χ0n) is 10.2. The van der Waals surface area contributed by atoms with Crippen molar-refractivity contribution in [3.8, 4) is 0 Å². The van der Waals surface area contributed by atoms with E-state index in [1.54, 1.807) is 18.6 Å². The standard InChI is InChI=1S/C14H17N3/c1-10-3-4-12(7-11(10)2)13(8-15)14-9-16-5-6-17-14/h3-7,9,13H,8,15H2,1-2H3. The molecule has 1 atom stereocenters. The second kappa shape index (κ2) is 5.06. The molecular weight excluding hydrogens is 210 g/mol. The molecule has 0 radical (unpaired) electrons. The Balaban J connectivity index is 2.39. The van der Waals surface area contributed by atoms with Crippen molar-refractivity contribution >= 4 is 0 Å². The van der Waals surface area contributed by atoms with E-state index in [1.165, 1.54) is 16.7 Å². The lowest BCUT2D eigenvalue weighted by Crippen LogP contribution is -2.15. The van der Waals surface area contributed by atoms with Gasteiger partial charge in [0.05, 0.1) is 5.69 Å². The Morgan fingerprint density at radius 2 is 2.00 bits per heavy atom. The third-order valence-corrected chi connectivity index (χ3v) is 3.11. The van der Waals surface area contributed by atoms with Crippen LogP contribution in [-0.2, 0) is 0 Å². The van der Waals surface area contributed by atoms with Gasteiger partial charge in [0, 0.05) is 31.1 Å². The fourth-order valence-corrected chi connectivity index (χ4v) is 1.90. The van der Waals surface area contributed by atoms with Crippen LogP contribution in [0.15, 0.2) is 36.8 Å². The average Bonchev–Trinajstić information content (AvgIpc) is 2.36. The van der Waals surface area contributed by atoms with Crippen LogP contribution in [0.1, 0.15) is 28.3 Å². The molecule has 1 heterocycles. The number of aryl methyl sites for hydroxylation is 2. The Hall–Kier alpha value is -1.74. The molecule has 0 aliphatic heterocycles. The van der Waals surface area contributed by atoms with Gasteiger partial charge in [0.15, 0.2) is 0 Å². The van der Waals surface area contributed by atoms with E-state index in [-0.39, 0.29) is 5.92 Å². The maximum atomic E-state index is 5.86. The molecule has 3 heteroatoms. The minimum absolute atomic E-state index is 0.128. The van der Waals surface area contributed by atoms with E-state index in [0.717, 1.165) is 5.69 Å². The summed E-state index contributed by atoms with van der Waals surface area (Å²) in [7, 11) is 0. The van der Waals surface area contributed by atoms with E-state index >= 15 is 0 Å². The monoisotopic (exact) mass is 227 g/mol. The summed E-state index contributed by atoms with van der Waals surface area (Å²) in [4.78, 5) is 8.44. The van der Waals surface area contributed by atoms with Gasteiger partial charge in [-0.15, -0.1) is 0 Å². The topological polar surface area (TPSA) is 51.8 Å². The lowest BCUT2D eigenvalue weighted by atomic mass is 9.93. The van der Waals surface area contributed by atoms with Gasteiger partial charge in [-0.1, -0.05) is 18.2 Å². The van der Waals surface area contributed by atoms with E-state index in [9.17, 15) is 0 Å². The quantitative estimate of drug-likeness (QED) is 0.874. The fourth-order valence-electron chi connectivity index (χ4n) is 1.90. The van der Waals surface area contributed by atoms with Crippen molar-refractivity contribution in [1.29, 1.82) is 0 Å². The van der Waals surface area contributed by atoms with Crippen LogP contribution in [0.5, 0.6) is 0 Å². The van der Waals surface area contributed by atoms with Crippen molar-refractivity contribution in [3.63, 3.8) is 0 Å². The Morgan fingerprint density at radius 1 is 1.18 bits per heavy atom. The third kappa shape index (κ3) is 2.50. The highest BCUT2D eigenvalue weighted by atomic mass is 14.8. The highest BCUT2D eigenvalue weighted by Gasteiger charge is 2.14. The van der Waals surface area contributed by atoms with E-state index in [2.05, 4.69) is 42.0 Å². The lowest BCUT2D eigenvalue weighted by molar-refractivity contribution is 0.778. The normalized spacial score (nSPS) is 12.4. The first-order valence-electron chi connectivity index (χ1n) is 5.75. The minimum Gasteiger partial charge on any atom is -0.329 e. The zero-order chi connectivity index (χ0) is 12.3. The first kappa shape index (κ1) is 11.7. The van der Waals surface area contributed by atoms with Crippen LogP contribution in [0.25, 0.3) is 0 Å². The van der Waals surface area contributed by atoms with E-state index < -0.39 is 0 Å². The second-order valence-electron chi connectivity index (χ2n) is 4.26. The largest absolute Gasteiger partial charge is 0.329 e.